The van der Waals surface area contributed by atoms with Crippen molar-refractivity contribution in [2.45, 2.75) is 13.5 Å². The number of fused-ring (bicyclic) bond motifs is 1. The predicted molar refractivity (Wildman–Crippen MR) is 113 cm³/mol. The van der Waals surface area contributed by atoms with Gasteiger partial charge in [0.15, 0.2) is 0 Å². The monoisotopic (exact) mass is 408 g/mol. The molecular weight excluding hydrogens is 387 g/mol. The highest BCUT2D eigenvalue weighted by atomic mass is 19.1. The summed E-state index contributed by atoms with van der Waals surface area (Å²) in [6.45, 7) is 3.15. The first-order chi connectivity index (χ1) is 14.5. The average molecular weight is 408 g/mol. The minimum atomic E-state index is -0.481. The molecule has 1 aliphatic heterocycles. The molecule has 2 heterocycles. The van der Waals surface area contributed by atoms with Crippen LogP contribution in [0.15, 0.2) is 59.2 Å². The Bertz CT molecular complexity index is 1150. The molecule has 0 fully saturated rings. The number of rotatable bonds is 6. The molecule has 0 aliphatic carbocycles. The minimum absolute atomic E-state index is 0.0290. The number of nitrogens with one attached hydrogen (secondary N) is 1. The SMILES string of the molecule is CCOC1=Cc2cc(OCc3nn(-c4cc(N)cc(F)c4)ccc3=O)ccc2NC1. The number of anilines is 2. The Balaban J connectivity index is 1.55. The third-order valence-electron chi connectivity index (χ3n) is 4.55. The van der Waals surface area contributed by atoms with E-state index >= 15 is 0 Å². The molecule has 7 nitrogen and oxygen atoms in total. The lowest BCUT2D eigenvalue weighted by Crippen LogP contribution is -2.18. The number of nitrogen functional groups attached to an aromatic ring is 1. The summed E-state index contributed by atoms with van der Waals surface area (Å²) < 4.78 is 26.4. The highest BCUT2D eigenvalue weighted by Gasteiger charge is 2.12. The van der Waals surface area contributed by atoms with Gasteiger partial charge in [-0.3, -0.25) is 4.79 Å². The number of hydrogen-bond donors (Lipinski definition) is 2. The Labute approximate surface area is 172 Å². The van der Waals surface area contributed by atoms with E-state index in [1.54, 1.807) is 6.07 Å². The molecule has 1 aliphatic rings. The second-order valence-electron chi connectivity index (χ2n) is 6.75. The first kappa shape index (κ1) is 19.5. The maximum Gasteiger partial charge on any atom is 0.206 e. The topological polar surface area (TPSA) is 91.4 Å². The molecule has 0 unspecified atom stereocenters. The van der Waals surface area contributed by atoms with Crippen molar-refractivity contribution in [3.05, 3.63) is 81.7 Å². The standard InChI is InChI=1S/C22H21FN4O3/c1-2-29-19-8-14-7-18(3-4-20(14)25-12-19)30-13-21-22(28)5-6-27(26-21)17-10-15(23)9-16(24)11-17/h3-11,25H,2,12-13,24H2,1H3. The molecule has 0 radical (unpaired) electrons. The average Bonchev–Trinajstić information content (AvgIpc) is 2.72. The van der Waals surface area contributed by atoms with Crippen LogP contribution in [-0.4, -0.2) is 22.9 Å². The first-order valence-electron chi connectivity index (χ1n) is 9.51. The van der Waals surface area contributed by atoms with E-state index in [0.717, 1.165) is 17.0 Å². The van der Waals surface area contributed by atoms with Gasteiger partial charge in [0.2, 0.25) is 5.43 Å². The normalized spacial score (nSPS) is 12.5. The molecule has 2 aromatic carbocycles. The second kappa shape index (κ2) is 8.28. The fourth-order valence-electron chi connectivity index (χ4n) is 3.17. The maximum absolute atomic E-state index is 13.7. The smallest absolute Gasteiger partial charge is 0.206 e. The molecule has 3 aromatic rings. The Morgan fingerprint density at radius 3 is 2.87 bits per heavy atom. The molecule has 0 spiro atoms. The molecule has 30 heavy (non-hydrogen) atoms. The number of aromatic nitrogens is 2. The molecule has 0 saturated heterocycles. The van der Waals surface area contributed by atoms with Crippen LogP contribution in [0.4, 0.5) is 15.8 Å². The van der Waals surface area contributed by atoms with Gasteiger partial charge in [-0.1, -0.05) is 0 Å². The fourth-order valence-corrected chi connectivity index (χ4v) is 3.17. The van der Waals surface area contributed by atoms with Gasteiger partial charge in [0, 0.05) is 29.2 Å². The van der Waals surface area contributed by atoms with Gasteiger partial charge in [0.05, 0.1) is 18.8 Å². The number of benzene rings is 2. The minimum Gasteiger partial charge on any atom is -0.496 e. The van der Waals surface area contributed by atoms with Crippen LogP contribution in [0.3, 0.4) is 0 Å². The quantitative estimate of drug-likeness (QED) is 0.608. The van der Waals surface area contributed by atoms with Gasteiger partial charge in [0.1, 0.15) is 29.6 Å². The molecule has 0 amide bonds. The lowest BCUT2D eigenvalue weighted by atomic mass is 10.1. The van der Waals surface area contributed by atoms with Crippen LogP contribution in [0.1, 0.15) is 18.2 Å². The highest BCUT2D eigenvalue weighted by molar-refractivity contribution is 5.72. The van der Waals surface area contributed by atoms with E-state index < -0.39 is 5.82 Å². The molecule has 4 rings (SSSR count). The molecule has 154 valence electrons. The summed E-state index contributed by atoms with van der Waals surface area (Å²) in [4.78, 5) is 12.2. The number of halogens is 1. The van der Waals surface area contributed by atoms with Crippen molar-refractivity contribution < 1.29 is 13.9 Å². The van der Waals surface area contributed by atoms with E-state index in [0.29, 0.717) is 24.6 Å². The summed E-state index contributed by atoms with van der Waals surface area (Å²) in [5, 5.41) is 7.56. The molecular formula is C22H21FN4O3. The molecule has 1 aromatic heterocycles. The Hall–Kier alpha value is -3.81. The van der Waals surface area contributed by atoms with Gasteiger partial charge in [-0.2, -0.15) is 5.10 Å². The van der Waals surface area contributed by atoms with E-state index in [4.69, 9.17) is 15.2 Å². The van der Waals surface area contributed by atoms with Crippen molar-refractivity contribution >= 4 is 17.5 Å². The van der Waals surface area contributed by atoms with Crippen molar-refractivity contribution in [1.82, 2.24) is 9.78 Å². The Morgan fingerprint density at radius 1 is 1.20 bits per heavy atom. The van der Waals surface area contributed by atoms with Gasteiger partial charge in [-0.05, 0) is 49.4 Å². The van der Waals surface area contributed by atoms with Gasteiger partial charge in [-0.25, -0.2) is 9.07 Å². The van der Waals surface area contributed by atoms with Gasteiger partial charge >= 0.3 is 0 Å². The molecule has 0 saturated carbocycles. The first-order valence-corrected chi connectivity index (χ1v) is 9.51. The molecule has 0 atom stereocenters. The highest BCUT2D eigenvalue weighted by Crippen LogP contribution is 2.28. The van der Waals surface area contributed by atoms with Crippen molar-refractivity contribution in [1.29, 1.82) is 0 Å². The summed E-state index contributed by atoms with van der Waals surface area (Å²) >= 11 is 0. The van der Waals surface area contributed by atoms with Crippen LogP contribution < -0.4 is 21.2 Å². The Kier molecular flexibility index (Phi) is 5.38. The van der Waals surface area contributed by atoms with Crippen LogP contribution in [0.5, 0.6) is 5.75 Å². The molecule has 8 heteroatoms. The number of nitrogens with zero attached hydrogens (tertiary/aromatic N) is 2. The van der Waals surface area contributed by atoms with Crippen molar-refractivity contribution in [3.8, 4) is 11.4 Å². The van der Waals surface area contributed by atoms with Crippen LogP contribution in [-0.2, 0) is 11.3 Å². The summed E-state index contributed by atoms with van der Waals surface area (Å²) in [6.07, 6.45) is 3.43. The van der Waals surface area contributed by atoms with Crippen molar-refractivity contribution in [2.24, 2.45) is 0 Å². The van der Waals surface area contributed by atoms with Crippen LogP contribution in [0, 0.1) is 5.82 Å². The third kappa shape index (κ3) is 4.27. The lowest BCUT2D eigenvalue weighted by Gasteiger charge is -2.19. The van der Waals surface area contributed by atoms with Gasteiger partial charge in [-0.15, -0.1) is 0 Å². The van der Waals surface area contributed by atoms with Crippen LogP contribution >= 0.6 is 0 Å². The van der Waals surface area contributed by atoms with E-state index in [-0.39, 0.29) is 23.4 Å². The van der Waals surface area contributed by atoms with Crippen LogP contribution in [0.2, 0.25) is 0 Å². The fraction of sp³-hybridized carbons (Fsp3) is 0.182. The summed E-state index contributed by atoms with van der Waals surface area (Å²) in [5.41, 5.74) is 8.23. The zero-order valence-corrected chi connectivity index (χ0v) is 16.4. The third-order valence-corrected chi connectivity index (χ3v) is 4.55. The van der Waals surface area contributed by atoms with Crippen molar-refractivity contribution in [2.75, 3.05) is 24.2 Å². The van der Waals surface area contributed by atoms with E-state index in [1.165, 1.54) is 29.1 Å². The van der Waals surface area contributed by atoms with Crippen LogP contribution in [0.25, 0.3) is 11.8 Å². The predicted octanol–water partition coefficient (Wildman–Crippen LogP) is 3.34. The number of ether oxygens (including phenoxy) is 2. The maximum atomic E-state index is 13.7. The van der Waals surface area contributed by atoms with Gasteiger partial charge < -0.3 is 20.5 Å². The number of hydrogen-bond acceptors (Lipinski definition) is 6. The number of nitrogens with two attached hydrogens (primary N) is 1. The zero-order chi connectivity index (χ0) is 21.1. The largest absolute Gasteiger partial charge is 0.496 e. The summed E-state index contributed by atoms with van der Waals surface area (Å²) in [5.74, 6) is 0.964. The summed E-state index contributed by atoms with van der Waals surface area (Å²) in [7, 11) is 0. The van der Waals surface area contributed by atoms with Crippen molar-refractivity contribution in [3.63, 3.8) is 0 Å². The lowest BCUT2D eigenvalue weighted by molar-refractivity contribution is 0.231. The van der Waals surface area contributed by atoms with E-state index in [2.05, 4.69) is 10.4 Å². The summed E-state index contributed by atoms with van der Waals surface area (Å²) in [6, 6.07) is 11.0. The van der Waals surface area contributed by atoms with Gasteiger partial charge in [0.25, 0.3) is 0 Å². The molecule has 0 bridgehead atoms. The molecule has 3 N–H and O–H groups in total. The zero-order valence-electron chi connectivity index (χ0n) is 16.4. The van der Waals surface area contributed by atoms with E-state index in [9.17, 15) is 9.18 Å². The second-order valence-corrected chi connectivity index (χ2v) is 6.75. The van der Waals surface area contributed by atoms with E-state index in [1.807, 2.05) is 31.2 Å². The Morgan fingerprint density at radius 2 is 2.07 bits per heavy atom.